The quantitative estimate of drug-likeness (QED) is 0.396. The third-order valence-corrected chi connectivity index (χ3v) is 6.45. The molecule has 0 N–H and O–H groups in total. The van der Waals surface area contributed by atoms with Crippen LogP contribution in [0.15, 0.2) is 53.1 Å². The first-order valence-corrected chi connectivity index (χ1v) is 12.5. The third-order valence-electron chi connectivity index (χ3n) is 6.45. The SMILES string of the molecule is COc1ccc(-c2ccc(N3CCN(C(=O)CN(CCN(C)C)C(=O)c4ccco4)CC3)nn2)c(OC)c1. The van der Waals surface area contributed by atoms with Gasteiger partial charge in [-0.05, 0) is 50.5 Å². The van der Waals surface area contributed by atoms with E-state index in [1.54, 1.807) is 36.2 Å². The molecule has 1 aliphatic heterocycles. The van der Waals surface area contributed by atoms with Gasteiger partial charge in [0.05, 0.1) is 26.2 Å². The number of hydrogen-bond donors (Lipinski definition) is 0. The summed E-state index contributed by atoms with van der Waals surface area (Å²) < 4.78 is 16.0. The fourth-order valence-electron chi connectivity index (χ4n) is 4.23. The lowest BCUT2D eigenvalue weighted by molar-refractivity contribution is -0.132. The first-order chi connectivity index (χ1) is 18.4. The number of likely N-dealkylation sites (N-methyl/N-ethyl adjacent to an activating group) is 1. The normalized spacial score (nSPS) is 13.5. The zero-order valence-corrected chi connectivity index (χ0v) is 22.3. The molecule has 38 heavy (non-hydrogen) atoms. The van der Waals surface area contributed by atoms with Crippen LogP contribution in [0, 0.1) is 0 Å². The zero-order chi connectivity index (χ0) is 27.1. The molecule has 0 aliphatic carbocycles. The molecule has 0 unspecified atom stereocenters. The largest absolute Gasteiger partial charge is 0.497 e. The van der Waals surface area contributed by atoms with Crippen molar-refractivity contribution < 1.29 is 23.5 Å². The summed E-state index contributed by atoms with van der Waals surface area (Å²) in [5, 5.41) is 8.84. The summed E-state index contributed by atoms with van der Waals surface area (Å²) in [6.45, 7) is 3.39. The van der Waals surface area contributed by atoms with Crippen LogP contribution in [-0.4, -0.2) is 111 Å². The van der Waals surface area contributed by atoms with Gasteiger partial charge in [-0.1, -0.05) is 0 Å². The van der Waals surface area contributed by atoms with E-state index in [1.807, 2.05) is 49.3 Å². The molecular formula is C27H34N6O5. The Morgan fingerprint density at radius 2 is 1.76 bits per heavy atom. The molecule has 3 aromatic rings. The molecule has 0 saturated carbocycles. The van der Waals surface area contributed by atoms with E-state index in [9.17, 15) is 9.59 Å². The molecule has 3 heterocycles. The van der Waals surface area contributed by atoms with Crippen molar-refractivity contribution in [2.24, 2.45) is 0 Å². The van der Waals surface area contributed by atoms with E-state index >= 15 is 0 Å². The van der Waals surface area contributed by atoms with Crippen molar-refractivity contribution in [1.29, 1.82) is 0 Å². The zero-order valence-electron chi connectivity index (χ0n) is 22.3. The molecule has 11 nitrogen and oxygen atoms in total. The molecule has 1 fully saturated rings. The smallest absolute Gasteiger partial charge is 0.290 e. The van der Waals surface area contributed by atoms with Gasteiger partial charge in [-0.15, -0.1) is 10.2 Å². The molecular weight excluding hydrogens is 488 g/mol. The Labute approximate surface area is 222 Å². The van der Waals surface area contributed by atoms with Crippen molar-refractivity contribution in [1.82, 2.24) is 24.9 Å². The number of nitrogens with zero attached hydrogens (tertiary/aromatic N) is 6. The average molecular weight is 523 g/mol. The van der Waals surface area contributed by atoms with Gasteiger partial charge >= 0.3 is 0 Å². The summed E-state index contributed by atoms with van der Waals surface area (Å²) in [7, 11) is 7.08. The number of anilines is 1. The summed E-state index contributed by atoms with van der Waals surface area (Å²) in [6, 6.07) is 12.7. The number of methoxy groups -OCH3 is 2. The number of aromatic nitrogens is 2. The van der Waals surface area contributed by atoms with Crippen molar-refractivity contribution in [3.63, 3.8) is 0 Å². The molecule has 2 amide bonds. The first kappa shape index (κ1) is 26.9. The summed E-state index contributed by atoms with van der Waals surface area (Å²) in [4.78, 5) is 33.4. The Bertz CT molecular complexity index is 1210. The number of carbonyl (C=O) groups excluding carboxylic acids is 2. The van der Waals surface area contributed by atoms with Gasteiger partial charge < -0.3 is 33.5 Å². The van der Waals surface area contributed by atoms with Crippen LogP contribution in [0.4, 0.5) is 5.82 Å². The minimum Gasteiger partial charge on any atom is -0.497 e. The molecule has 1 saturated heterocycles. The minimum atomic E-state index is -0.285. The number of hydrogen-bond acceptors (Lipinski definition) is 9. The number of benzene rings is 1. The van der Waals surface area contributed by atoms with Gasteiger partial charge in [0.15, 0.2) is 11.6 Å². The second-order valence-electron chi connectivity index (χ2n) is 9.22. The van der Waals surface area contributed by atoms with E-state index in [-0.39, 0.29) is 24.1 Å². The van der Waals surface area contributed by atoms with Crippen LogP contribution in [0.25, 0.3) is 11.3 Å². The molecule has 0 radical (unpaired) electrons. The molecule has 4 rings (SSSR count). The van der Waals surface area contributed by atoms with Gasteiger partial charge in [0.2, 0.25) is 5.91 Å². The van der Waals surface area contributed by atoms with Gasteiger partial charge in [0.1, 0.15) is 18.0 Å². The standard InChI is InChI=1S/C27H34N6O5/c1-30(2)11-12-33(27(35)23-6-5-17-38-23)19-26(34)32-15-13-31(14-16-32)25-10-9-22(28-29-25)21-8-7-20(36-3)18-24(21)37-4/h5-10,17-18H,11-16,19H2,1-4H3. The predicted molar refractivity (Wildman–Crippen MR) is 143 cm³/mol. The van der Waals surface area contributed by atoms with E-state index in [4.69, 9.17) is 13.9 Å². The van der Waals surface area contributed by atoms with E-state index in [1.165, 1.54) is 6.26 Å². The van der Waals surface area contributed by atoms with Crippen molar-refractivity contribution >= 4 is 17.6 Å². The Hall–Kier alpha value is -4.12. The Morgan fingerprint density at radius 1 is 0.974 bits per heavy atom. The molecule has 0 atom stereocenters. The average Bonchev–Trinajstić information content (AvgIpc) is 3.50. The van der Waals surface area contributed by atoms with Crippen LogP contribution in [0.3, 0.4) is 0 Å². The fourth-order valence-corrected chi connectivity index (χ4v) is 4.23. The maximum Gasteiger partial charge on any atom is 0.290 e. The minimum absolute atomic E-state index is 0.00553. The van der Waals surface area contributed by atoms with Crippen molar-refractivity contribution in [3.05, 3.63) is 54.5 Å². The van der Waals surface area contributed by atoms with Crippen molar-refractivity contribution in [3.8, 4) is 22.8 Å². The van der Waals surface area contributed by atoms with Gasteiger partial charge in [-0.2, -0.15) is 0 Å². The molecule has 1 aliphatic rings. The number of rotatable bonds is 10. The van der Waals surface area contributed by atoms with E-state index in [2.05, 4.69) is 15.1 Å². The maximum absolute atomic E-state index is 13.1. The van der Waals surface area contributed by atoms with Crippen molar-refractivity contribution in [2.75, 3.05) is 79.0 Å². The van der Waals surface area contributed by atoms with E-state index < -0.39 is 0 Å². The second kappa shape index (κ2) is 12.4. The Kier molecular flexibility index (Phi) is 8.80. The molecule has 1 aromatic carbocycles. The number of furan rings is 1. The molecule has 11 heteroatoms. The highest BCUT2D eigenvalue weighted by Gasteiger charge is 2.27. The lowest BCUT2D eigenvalue weighted by atomic mass is 10.1. The lowest BCUT2D eigenvalue weighted by Crippen LogP contribution is -2.52. The van der Waals surface area contributed by atoms with E-state index in [0.717, 1.165) is 11.4 Å². The number of piperazine rings is 1. The molecule has 202 valence electrons. The molecule has 0 bridgehead atoms. The van der Waals surface area contributed by atoms with Crippen LogP contribution in [-0.2, 0) is 4.79 Å². The van der Waals surface area contributed by atoms with E-state index in [0.29, 0.717) is 56.5 Å². The van der Waals surface area contributed by atoms with Gasteiger partial charge in [-0.25, -0.2) is 0 Å². The first-order valence-electron chi connectivity index (χ1n) is 12.5. The van der Waals surface area contributed by atoms with Crippen LogP contribution >= 0.6 is 0 Å². The van der Waals surface area contributed by atoms with Crippen LogP contribution in [0.5, 0.6) is 11.5 Å². The van der Waals surface area contributed by atoms with Crippen LogP contribution < -0.4 is 14.4 Å². The second-order valence-corrected chi connectivity index (χ2v) is 9.22. The number of carbonyl (C=O) groups is 2. The summed E-state index contributed by atoms with van der Waals surface area (Å²) in [6.07, 6.45) is 1.46. The lowest BCUT2D eigenvalue weighted by Gasteiger charge is -2.36. The van der Waals surface area contributed by atoms with Crippen molar-refractivity contribution in [2.45, 2.75) is 0 Å². The Morgan fingerprint density at radius 3 is 2.37 bits per heavy atom. The summed E-state index contributed by atoms with van der Waals surface area (Å²) in [5.41, 5.74) is 1.52. The third kappa shape index (κ3) is 6.41. The van der Waals surface area contributed by atoms with Gasteiger partial charge in [0.25, 0.3) is 5.91 Å². The fraction of sp³-hybridized carbons (Fsp3) is 0.407. The van der Waals surface area contributed by atoms with Gasteiger partial charge in [-0.3, -0.25) is 9.59 Å². The monoisotopic (exact) mass is 522 g/mol. The topological polar surface area (TPSA) is 104 Å². The van der Waals surface area contributed by atoms with Gasteiger partial charge in [0, 0.05) is 50.9 Å². The molecule has 2 aromatic heterocycles. The maximum atomic E-state index is 13.1. The van der Waals surface area contributed by atoms with Crippen LogP contribution in [0.2, 0.25) is 0 Å². The number of amides is 2. The highest BCUT2D eigenvalue weighted by Crippen LogP contribution is 2.32. The summed E-state index contributed by atoms with van der Waals surface area (Å²) >= 11 is 0. The number of ether oxygens (including phenoxy) is 2. The summed E-state index contributed by atoms with van der Waals surface area (Å²) in [5.74, 6) is 1.96. The Balaban J connectivity index is 1.35. The predicted octanol–water partition coefficient (Wildman–Crippen LogP) is 2.11. The highest BCUT2D eigenvalue weighted by molar-refractivity contribution is 5.94. The highest BCUT2D eigenvalue weighted by atomic mass is 16.5. The molecule has 0 spiro atoms. The van der Waals surface area contributed by atoms with Crippen LogP contribution in [0.1, 0.15) is 10.6 Å².